The van der Waals surface area contributed by atoms with Crippen molar-refractivity contribution in [2.75, 3.05) is 13.1 Å². The fourth-order valence-corrected chi connectivity index (χ4v) is 2.01. The Kier molecular flexibility index (Phi) is 8.38. The molecular weight excluding hydrogens is 190 g/mol. The van der Waals surface area contributed by atoms with Crippen LogP contribution in [0.25, 0.3) is 0 Å². The van der Waals surface area contributed by atoms with Crippen LogP contribution in [0.5, 0.6) is 0 Å². The van der Waals surface area contributed by atoms with Gasteiger partial charge in [-0.05, 0) is 19.4 Å². The van der Waals surface area contributed by atoms with E-state index in [1.807, 2.05) is 0 Å². The Balaban J connectivity index is 4.10. The van der Waals surface area contributed by atoms with Crippen molar-refractivity contribution >= 4 is 5.97 Å². The number of carboxylic acids is 1. The number of hydrogen-bond donors (Lipinski definition) is 1. The van der Waals surface area contributed by atoms with Gasteiger partial charge < -0.3 is 10.0 Å². The van der Waals surface area contributed by atoms with E-state index >= 15 is 0 Å². The lowest BCUT2D eigenvalue weighted by Crippen LogP contribution is -2.36. The summed E-state index contributed by atoms with van der Waals surface area (Å²) in [7, 11) is 0. The highest BCUT2D eigenvalue weighted by atomic mass is 16.4. The Hall–Kier alpha value is -0.570. The first-order valence-corrected chi connectivity index (χ1v) is 6.11. The molecule has 15 heavy (non-hydrogen) atoms. The van der Waals surface area contributed by atoms with E-state index in [2.05, 4.69) is 25.7 Å². The summed E-state index contributed by atoms with van der Waals surface area (Å²) >= 11 is 0. The summed E-state index contributed by atoms with van der Waals surface area (Å²) in [6, 6.07) is 0.573. The van der Waals surface area contributed by atoms with Crippen molar-refractivity contribution in [1.29, 1.82) is 0 Å². The van der Waals surface area contributed by atoms with Gasteiger partial charge in [-0.15, -0.1) is 0 Å². The monoisotopic (exact) mass is 215 g/mol. The van der Waals surface area contributed by atoms with Crippen LogP contribution in [0.3, 0.4) is 0 Å². The van der Waals surface area contributed by atoms with Gasteiger partial charge in [-0.2, -0.15) is 0 Å². The molecule has 3 nitrogen and oxygen atoms in total. The molecule has 0 saturated carbocycles. The number of carbonyl (C=O) groups is 1. The average Bonchev–Trinajstić information content (AvgIpc) is 2.19. The van der Waals surface area contributed by atoms with Crippen molar-refractivity contribution in [3.8, 4) is 0 Å². The summed E-state index contributed by atoms with van der Waals surface area (Å²) < 4.78 is 0. The SMILES string of the molecule is CCCC(CCC)N(CC)CCC(=O)O. The molecule has 0 aliphatic rings. The third-order valence-corrected chi connectivity index (χ3v) is 2.78. The Morgan fingerprint density at radius 3 is 2.07 bits per heavy atom. The molecule has 0 heterocycles. The lowest BCUT2D eigenvalue weighted by atomic mass is 10.0. The van der Waals surface area contributed by atoms with Gasteiger partial charge in [0, 0.05) is 12.6 Å². The van der Waals surface area contributed by atoms with Gasteiger partial charge in [-0.25, -0.2) is 0 Å². The smallest absolute Gasteiger partial charge is 0.304 e. The second-order valence-corrected chi connectivity index (χ2v) is 4.00. The zero-order valence-electron chi connectivity index (χ0n) is 10.3. The topological polar surface area (TPSA) is 40.5 Å². The van der Waals surface area contributed by atoms with Gasteiger partial charge >= 0.3 is 5.97 Å². The summed E-state index contributed by atoms with van der Waals surface area (Å²) in [6.45, 7) is 8.13. The molecule has 0 amide bonds. The second-order valence-electron chi connectivity index (χ2n) is 4.00. The molecule has 0 aromatic heterocycles. The van der Waals surface area contributed by atoms with Crippen molar-refractivity contribution in [2.45, 2.75) is 58.9 Å². The third kappa shape index (κ3) is 6.50. The van der Waals surface area contributed by atoms with Crippen LogP contribution in [0.4, 0.5) is 0 Å². The molecule has 0 aliphatic carbocycles. The highest BCUT2D eigenvalue weighted by Gasteiger charge is 2.15. The number of nitrogens with zero attached hydrogens (tertiary/aromatic N) is 1. The summed E-state index contributed by atoms with van der Waals surface area (Å²) in [4.78, 5) is 12.8. The minimum absolute atomic E-state index is 0.262. The first kappa shape index (κ1) is 14.4. The Labute approximate surface area is 93.5 Å². The molecule has 90 valence electrons. The number of hydrogen-bond acceptors (Lipinski definition) is 2. The quantitative estimate of drug-likeness (QED) is 0.643. The first-order chi connectivity index (χ1) is 7.15. The lowest BCUT2D eigenvalue weighted by Gasteiger charge is -2.30. The molecule has 0 spiro atoms. The van der Waals surface area contributed by atoms with Crippen molar-refractivity contribution < 1.29 is 9.90 Å². The molecule has 0 bridgehead atoms. The van der Waals surface area contributed by atoms with E-state index in [0.717, 1.165) is 6.54 Å². The molecule has 0 rings (SSSR count). The number of aliphatic carboxylic acids is 1. The Morgan fingerprint density at radius 1 is 1.20 bits per heavy atom. The molecule has 0 radical (unpaired) electrons. The predicted octanol–water partition coefficient (Wildman–Crippen LogP) is 2.75. The van der Waals surface area contributed by atoms with Gasteiger partial charge in [-0.1, -0.05) is 33.6 Å². The number of rotatable bonds is 9. The average molecular weight is 215 g/mol. The van der Waals surface area contributed by atoms with Gasteiger partial charge in [0.25, 0.3) is 0 Å². The van der Waals surface area contributed by atoms with Gasteiger partial charge in [0.05, 0.1) is 6.42 Å². The fourth-order valence-electron chi connectivity index (χ4n) is 2.01. The standard InChI is InChI=1S/C12H25NO2/c1-4-7-11(8-5-2)13(6-3)10-9-12(14)15/h11H,4-10H2,1-3H3,(H,14,15). The fraction of sp³-hybridized carbons (Fsp3) is 0.917. The van der Waals surface area contributed by atoms with Crippen molar-refractivity contribution in [1.82, 2.24) is 4.90 Å². The minimum atomic E-state index is -0.694. The summed E-state index contributed by atoms with van der Waals surface area (Å²) in [5, 5.41) is 8.67. The normalized spacial score (nSPS) is 11.3. The lowest BCUT2D eigenvalue weighted by molar-refractivity contribution is -0.137. The van der Waals surface area contributed by atoms with E-state index in [0.29, 0.717) is 12.6 Å². The first-order valence-electron chi connectivity index (χ1n) is 6.11. The van der Waals surface area contributed by atoms with Crippen LogP contribution in [-0.4, -0.2) is 35.1 Å². The molecule has 0 aromatic carbocycles. The minimum Gasteiger partial charge on any atom is -0.481 e. The van der Waals surface area contributed by atoms with E-state index in [9.17, 15) is 4.79 Å². The van der Waals surface area contributed by atoms with Crippen molar-refractivity contribution in [2.24, 2.45) is 0 Å². The molecule has 1 N–H and O–H groups in total. The summed E-state index contributed by atoms with van der Waals surface area (Å²) in [5.41, 5.74) is 0. The van der Waals surface area contributed by atoms with Crippen LogP contribution in [0.1, 0.15) is 52.9 Å². The van der Waals surface area contributed by atoms with Crippen molar-refractivity contribution in [3.05, 3.63) is 0 Å². The second kappa shape index (κ2) is 8.72. The molecule has 0 fully saturated rings. The van der Waals surface area contributed by atoms with Gasteiger partial charge in [-0.3, -0.25) is 4.79 Å². The van der Waals surface area contributed by atoms with Gasteiger partial charge in [0.2, 0.25) is 0 Å². The molecule has 0 saturated heterocycles. The van der Waals surface area contributed by atoms with Crippen LogP contribution in [-0.2, 0) is 4.79 Å². The highest BCUT2D eigenvalue weighted by molar-refractivity contribution is 5.66. The Morgan fingerprint density at radius 2 is 1.73 bits per heavy atom. The molecule has 3 heteroatoms. The van der Waals surface area contributed by atoms with E-state index in [-0.39, 0.29) is 6.42 Å². The maximum absolute atomic E-state index is 10.5. The maximum Gasteiger partial charge on any atom is 0.304 e. The van der Waals surface area contributed by atoms with Crippen LogP contribution in [0.15, 0.2) is 0 Å². The molecule has 0 unspecified atom stereocenters. The maximum atomic E-state index is 10.5. The van der Waals surface area contributed by atoms with E-state index in [4.69, 9.17) is 5.11 Å². The summed E-state index contributed by atoms with van der Waals surface area (Å²) in [5.74, 6) is -0.694. The van der Waals surface area contributed by atoms with Crippen LogP contribution < -0.4 is 0 Å². The van der Waals surface area contributed by atoms with Crippen LogP contribution in [0.2, 0.25) is 0 Å². The molecule has 0 aromatic rings. The van der Waals surface area contributed by atoms with E-state index in [1.54, 1.807) is 0 Å². The van der Waals surface area contributed by atoms with Gasteiger partial charge in [0.1, 0.15) is 0 Å². The van der Waals surface area contributed by atoms with E-state index < -0.39 is 5.97 Å². The largest absolute Gasteiger partial charge is 0.481 e. The van der Waals surface area contributed by atoms with Crippen LogP contribution in [0, 0.1) is 0 Å². The zero-order chi connectivity index (χ0) is 11.7. The van der Waals surface area contributed by atoms with Crippen LogP contribution >= 0.6 is 0 Å². The van der Waals surface area contributed by atoms with Crippen molar-refractivity contribution in [3.63, 3.8) is 0 Å². The zero-order valence-corrected chi connectivity index (χ0v) is 10.3. The number of carboxylic acid groups (broad SMARTS) is 1. The third-order valence-electron chi connectivity index (χ3n) is 2.78. The van der Waals surface area contributed by atoms with Gasteiger partial charge in [0.15, 0.2) is 0 Å². The molecule has 0 aliphatic heterocycles. The molecular formula is C12H25NO2. The predicted molar refractivity (Wildman–Crippen MR) is 63.1 cm³/mol. The molecule has 0 atom stereocenters. The Bertz CT molecular complexity index is 165. The highest BCUT2D eigenvalue weighted by Crippen LogP contribution is 2.13. The summed E-state index contributed by atoms with van der Waals surface area (Å²) in [6.07, 6.45) is 4.98. The van der Waals surface area contributed by atoms with E-state index in [1.165, 1.54) is 25.7 Å².